The fourth-order valence-corrected chi connectivity index (χ4v) is 3.80. The van der Waals surface area contributed by atoms with Gasteiger partial charge in [-0.25, -0.2) is 4.98 Å². The van der Waals surface area contributed by atoms with Crippen molar-refractivity contribution in [2.24, 2.45) is 0 Å². The Labute approximate surface area is 185 Å². The summed E-state index contributed by atoms with van der Waals surface area (Å²) in [6.07, 6.45) is 1.65. The van der Waals surface area contributed by atoms with Gasteiger partial charge >= 0.3 is 0 Å². The van der Waals surface area contributed by atoms with Crippen LogP contribution in [0.5, 0.6) is 5.75 Å². The van der Waals surface area contributed by atoms with E-state index in [0.29, 0.717) is 22.8 Å². The molecule has 0 saturated carbocycles. The maximum Gasteiger partial charge on any atom is 0.277 e. The molecule has 0 N–H and O–H groups in total. The molecule has 2 aromatic heterocycles. The molecule has 0 unspecified atom stereocenters. The van der Waals surface area contributed by atoms with Crippen LogP contribution >= 0.6 is 11.8 Å². The second kappa shape index (κ2) is 9.70. The topological polar surface area (TPSA) is 77.4 Å². The van der Waals surface area contributed by atoms with Crippen LogP contribution in [0.1, 0.15) is 19.5 Å². The third-order valence-corrected chi connectivity index (χ3v) is 5.73. The molecule has 0 bridgehead atoms. The van der Waals surface area contributed by atoms with Gasteiger partial charge in [0.25, 0.3) is 5.22 Å². The van der Waals surface area contributed by atoms with Crippen molar-refractivity contribution in [3.05, 3.63) is 60.5 Å². The monoisotopic (exact) mass is 436 g/mol. The van der Waals surface area contributed by atoms with E-state index in [1.807, 2.05) is 36.4 Å². The summed E-state index contributed by atoms with van der Waals surface area (Å²) < 4.78 is 16.6. The first-order chi connectivity index (χ1) is 15.2. The van der Waals surface area contributed by atoms with Gasteiger partial charge in [-0.15, -0.1) is 10.2 Å². The molecule has 0 atom stereocenters. The molecular formula is C23H24N4O3S. The number of hydrogen-bond acceptors (Lipinski definition) is 8. The van der Waals surface area contributed by atoms with E-state index < -0.39 is 0 Å². The average Bonchev–Trinajstić information content (AvgIpc) is 3.49. The number of anilines is 1. The lowest BCUT2D eigenvalue weighted by molar-refractivity contribution is 0.415. The summed E-state index contributed by atoms with van der Waals surface area (Å²) in [5.74, 6) is 2.44. The lowest BCUT2D eigenvalue weighted by atomic mass is 10.2. The first kappa shape index (κ1) is 21.0. The second-order valence-electron chi connectivity index (χ2n) is 6.75. The van der Waals surface area contributed by atoms with Crippen LogP contribution in [0.4, 0.5) is 5.69 Å². The van der Waals surface area contributed by atoms with Crippen LogP contribution in [0.25, 0.3) is 22.9 Å². The summed E-state index contributed by atoms with van der Waals surface area (Å²) in [4.78, 5) is 6.82. The van der Waals surface area contributed by atoms with E-state index in [-0.39, 0.29) is 0 Å². The van der Waals surface area contributed by atoms with Crippen molar-refractivity contribution in [2.45, 2.75) is 24.8 Å². The highest BCUT2D eigenvalue weighted by atomic mass is 32.2. The number of nitrogens with zero attached hydrogens (tertiary/aromatic N) is 4. The van der Waals surface area contributed by atoms with E-state index in [1.54, 1.807) is 13.4 Å². The number of hydrogen-bond donors (Lipinski definition) is 0. The number of ether oxygens (including phenoxy) is 1. The molecule has 4 rings (SSSR count). The van der Waals surface area contributed by atoms with Crippen molar-refractivity contribution in [3.8, 4) is 28.7 Å². The Hall–Kier alpha value is -3.26. The van der Waals surface area contributed by atoms with Crippen molar-refractivity contribution in [1.29, 1.82) is 0 Å². The molecule has 0 fully saturated rings. The summed E-state index contributed by atoms with van der Waals surface area (Å²) in [7, 11) is 1.64. The van der Waals surface area contributed by atoms with Crippen molar-refractivity contribution in [2.75, 3.05) is 25.1 Å². The molecule has 0 saturated heterocycles. The SMILES string of the molecule is CCN(CC)c1ccc(-c2nnc(SCc3coc(-c4ccc(OC)cc4)n3)o2)cc1. The molecule has 160 valence electrons. The first-order valence-corrected chi connectivity index (χ1v) is 11.1. The minimum Gasteiger partial charge on any atom is -0.497 e. The van der Waals surface area contributed by atoms with Crippen molar-refractivity contribution < 1.29 is 13.6 Å². The number of oxazole rings is 1. The van der Waals surface area contributed by atoms with Gasteiger partial charge < -0.3 is 18.5 Å². The molecule has 2 aromatic carbocycles. The maximum atomic E-state index is 5.82. The average molecular weight is 437 g/mol. The Bertz CT molecular complexity index is 1100. The second-order valence-corrected chi connectivity index (χ2v) is 7.68. The highest BCUT2D eigenvalue weighted by Gasteiger charge is 2.12. The molecular weight excluding hydrogens is 412 g/mol. The van der Waals surface area contributed by atoms with Gasteiger partial charge in [-0.3, -0.25) is 0 Å². The predicted octanol–water partition coefficient (Wildman–Crippen LogP) is 5.54. The molecule has 0 radical (unpaired) electrons. The minimum atomic E-state index is 0.497. The largest absolute Gasteiger partial charge is 0.497 e. The van der Waals surface area contributed by atoms with Gasteiger partial charge in [0.15, 0.2) is 0 Å². The molecule has 0 spiro atoms. The lowest BCUT2D eigenvalue weighted by Crippen LogP contribution is -2.21. The maximum absolute atomic E-state index is 5.82. The van der Waals surface area contributed by atoms with Gasteiger partial charge in [-0.2, -0.15) is 0 Å². The van der Waals surface area contributed by atoms with Gasteiger partial charge in [0.2, 0.25) is 11.8 Å². The summed E-state index contributed by atoms with van der Waals surface area (Å²) >= 11 is 1.43. The Balaban J connectivity index is 1.38. The number of aromatic nitrogens is 3. The van der Waals surface area contributed by atoms with Gasteiger partial charge in [-0.1, -0.05) is 11.8 Å². The van der Waals surface area contributed by atoms with E-state index in [2.05, 4.69) is 46.1 Å². The fraction of sp³-hybridized carbons (Fsp3) is 0.261. The van der Waals surface area contributed by atoms with E-state index in [1.165, 1.54) is 17.4 Å². The Morgan fingerprint density at radius 2 is 1.58 bits per heavy atom. The van der Waals surface area contributed by atoms with Crippen LogP contribution in [0.15, 0.2) is 68.9 Å². The molecule has 31 heavy (non-hydrogen) atoms. The van der Waals surface area contributed by atoms with Gasteiger partial charge in [0.05, 0.1) is 12.8 Å². The molecule has 7 nitrogen and oxygen atoms in total. The summed E-state index contributed by atoms with van der Waals surface area (Å²) in [6, 6.07) is 15.8. The molecule has 0 aliphatic carbocycles. The molecule has 0 aliphatic heterocycles. The number of benzene rings is 2. The molecule has 0 aliphatic rings. The third-order valence-electron chi connectivity index (χ3n) is 4.88. The molecule has 0 amide bonds. The quantitative estimate of drug-likeness (QED) is 0.317. The smallest absolute Gasteiger partial charge is 0.277 e. The first-order valence-electron chi connectivity index (χ1n) is 10.1. The zero-order chi connectivity index (χ0) is 21.6. The highest BCUT2D eigenvalue weighted by Crippen LogP contribution is 2.28. The van der Waals surface area contributed by atoms with Crippen molar-refractivity contribution in [1.82, 2.24) is 15.2 Å². The Kier molecular flexibility index (Phi) is 6.57. The zero-order valence-electron chi connectivity index (χ0n) is 17.7. The summed E-state index contributed by atoms with van der Waals surface area (Å²) in [5.41, 5.74) is 3.78. The highest BCUT2D eigenvalue weighted by molar-refractivity contribution is 7.98. The van der Waals surface area contributed by atoms with E-state index >= 15 is 0 Å². The van der Waals surface area contributed by atoms with Gasteiger partial charge in [0.1, 0.15) is 12.0 Å². The molecule has 2 heterocycles. The summed E-state index contributed by atoms with van der Waals surface area (Å²) in [5, 5.41) is 8.82. The molecule has 4 aromatic rings. The van der Waals surface area contributed by atoms with Crippen LogP contribution in [-0.4, -0.2) is 35.4 Å². The van der Waals surface area contributed by atoms with Crippen LogP contribution in [0.2, 0.25) is 0 Å². The standard InChI is InChI=1S/C23H24N4O3S/c1-4-27(5-2)19-10-6-17(7-11-19)22-25-26-23(30-22)31-15-18-14-29-21(24-18)16-8-12-20(28-3)13-9-16/h6-14H,4-5,15H2,1-3H3. The van der Waals surface area contributed by atoms with Crippen molar-refractivity contribution >= 4 is 17.4 Å². The number of methoxy groups -OCH3 is 1. The molecule has 8 heteroatoms. The van der Waals surface area contributed by atoms with Crippen LogP contribution in [0, 0.1) is 0 Å². The third kappa shape index (κ3) is 4.91. The zero-order valence-corrected chi connectivity index (χ0v) is 18.6. The minimum absolute atomic E-state index is 0.497. The van der Waals surface area contributed by atoms with E-state index in [4.69, 9.17) is 13.6 Å². The number of rotatable bonds is 9. The van der Waals surface area contributed by atoms with Gasteiger partial charge in [0, 0.05) is 35.7 Å². The van der Waals surface area contributed by atoms with E-state index in [9.17, 15) is 0 Å². The van der Waals surface area contributed by atoms with Crippen LogP contribution in [-0.2, 0) is 5.75 Å². The van der Waals surface area contributed by atoms with Crippen molar-refractivity contribution in [3.63, 3.8) is 0 Å². The predicted molar refractivity (Wildman–Crippen MR) is 121 cm³/mol. The fourth-order valence-electron chi connectivity index (χ4n) is 3.16. The van der Waals surface area contributed by atoms with E-state index in [0.717, 1.165) is 35.7 Å². The normalized spacial score (nSPS) is 10.9. The number of thioether (sulfide) groups is 1. The van der Waals surface area contributed by atoms with Gasteiger partial charge in [-0.05, 0) is 62.4 Å². The Morgan fingerprint density at radius 1 is 0.903 bits per heavy atom. The lowest BCUT2D eigenvalue weighted by Gasteiger charge is -2.20. The summed E-state index contributed by atoms with van der Waals surface area (Å²) in [6.45, 7) is 6.24. The van der Waals surface area contributed by atoms with Crippen LogP contribution in [0.3, 0.4) is 0 Å². The van der Waals surface area contributed by atoms with Crippen LogP contribution < -0.4 is 9.64 Å². The Morgan fingerprint density at radius 3 is 2.26 bits per heavy atom.